The van der Waals surface area contributed by atoms with E-state index in [2.05, 4.69) is 28.2 Å². The van der Waals surface area contributed by atoms with E-state index < -0.39 is 0 Å². The fourth-order valence-electron chi connectivity index (χ4n) is 1.54. The maximum Gasteiger partial charge on any atom is 0.255 e. The van der Waals surface area contributed by atoms with Crippen molar-refractivity contribution in [2.75, 3.05) is 13.7 Å². The molecular formula is C13H17BrClNO2. The molecule has 0 heterocycles. The van der Waals surface area contributed by atoms with Crippen LogP contribution >= 0.6 is 27.5 Å². The van der Waals surface area contributed by atoms with Crippen molar-refractivity contribution in [3.05, 3.63) is 28.8 Å². The Morgan fingerprint density at radius 2 is 2.28 bits per heavy atom. The van der Waals surface area contributed by atoms with E-state index in [0.29, 0.717) is 27.7 Å². The molecule has 0 spiro atoms. The third kappa shape index (κ3) is 4.86. The van der Waals surface area contributed by atoms with Gasteiger partial charge in [0, 0.05) is 16.4 Å². The zero-order valence-corrected chi connectivity index (χ0v) is 12.8. The van der Waals surface area contributed by atoms with Gasteiger partial charge >= 0.3 is 0 Å². The summed E-state index contributed by atoms with van der Waals surface area (Å²) in [6, 6.07) is 5.00. The van der Waals surface area contributed by atoms with E-state index in [1.54, 1.807) is 18.2 Å². The quantitative estimate of drug-likeness (QED) is 0.637. The van der Waals surface area contributed by atoms with Gasteiger partial charge < -0.3 is 10.1 Å². The molecule has 1 unspecified atom stereocenters. The Bertz CT molecular complexity index is 410. The van der Waals surface area contributed by atoms with Crippen LogP contribution in [0.15, 0.2) is 18.2 Å². The molecule has 100 valence electrons. The van der Waals surface area contributed by atoms with E-state index in [-0.39, 0.29) is 5.91 Å². The lowest BCUT2D eigenvalue weighted by Gasteiger charge is -2.10. The lowest BCUT2D eigenvalue weighted by atomic mass is 10.2. The number of hydrogen-bond acceptors (Lipinski definition) is 2. The molecule has 1 aromatic rings. The first kappa shape index (κ1) is 15.3. The highest BCUT2D eigenvalue weighted by atomic mass is 79.9. The summed E-state index contributed by atoms with van der Waals surface area (Å²) in [5.74, 6) is 0.377. The van der Waals surface area contributed by atoms with Gasteiger partial charge in [-0.1, -0.05) is 34.5 Å². The largest absolute Gasteiger partial charge is 0.496 e. The standard InChI is InChI=1S/C13H17BrClNO2/c1-9(14)4-3-7-16-13(17)11-8-10(15)5-6-12(11)18-2/h5-6,8-9H,3-4,7H2,1-2H3,(H,16,17). The molecule has 1 aromatic carbocycles. The molecule has 3 nitrogen and oxygen atoms in total. The number of nitrogens with one attached hydrogen (secondary N) is 1. The molecule has 1 amide bonds. The second-order valence-corrected chi connectivity index (χ2v) is 6.02. The van der Waals surface area contributed by atoms with Crippen molar-refractivity contribution in [3.63, 3.8) is 0 Å². The van der Waals surface area contributed by atoms with Gasteiger partial charge in [-0.3, -0.25) is 4.79 Å². The molecule has 18 heavy (non-hydrogen) atoms. The Labute approximate surface area is 121 Å². The molecule has 0 aliphatic carbocycles. The summed E-state index contributed by atoms with van der Waals surface area (Å²) in [6.07, 6.45) is 1.95. The van der Waals surface area contributed by atoms with Crippen molar-refractivity contribution in [3.8, 4) is 5.75 Å². The average molecular weight is 335 g/mol. The average Bonchev–Trinajstić information content (AvgIpc) is 2.34. The highest BCUT2D eigenvalue weighted by Gasteiger charge is 2.12. The van der Waals surface area contributed by atoms with E-state index in [1.807, 2.05) is 0 Å². The summed E-state index contributed by atoms with van der Waals surface area (Å²) in [5.41, 5.74) is 0.469. The van der Waals surface area contributed by atoms with Gasteiger partial charge in [0.1, 0.15) is 5.75 Å². The lowest BCUT2D eigenvalue weighted by molar-refractivity contribution is 0.0950. The Morgan fingerprint density at radius 1 is 1.56 bits per heavy atom. The van der Waals surface area contributed by atoms with Crippen LogP contribution in [-0.2, 0) is 0 Å². The van der Waals surface area contributed by atoms with Gasteiger partial charge in [-0.2, -0.15) is 0 Å². The molecule has 0 fully saturated rings. The fraction of sp³-hybridized carbons (Fsp3) is 0.462. The number of carbonyl (C=O) groups is 1. The smallest absolute Gasteiger partial charge is 0.255 e. The maximum absolute atomic E-state index is 12.0. The number of halogens is 2. The van der Waals surface area contributed by atoms with Gasteiger partial charge in [0.25, 0.3) is 5.91 Å². The van der Waals surface area contributed by atoms with Gasteiger partial charge in [-0.15, -0.1) is 0 Å². The SMILES string of the molecule is COc1ccc(Cl)cc1C(=O)NCCCC(C)Br. The van der Waals surface area contributed by atoms with Gasteiger partial charge in [-0.25, -0.2) is 0 Å². The molecule has 0 aliphatic heterocycles. The summed E-state index contributed by atoms with van der Waals surface area (Å²) in [4.78, 5) is 12.4. The third-order valence-electron chi connectivity index (χ3n) is 2.47. The topological polar surface area (TPSA) is 38.3 Å². The zero-order valence-electron chi connectivity index (χ0n) is 10.5. The number of amides is 1. The van der Waals surface area contributed by atoms with Crippen LogP contribution in [0.1, 0.15) is 30.1 Å². The molecule has 1 atom stereocenters. The van der Waals surface area contributed by atoms with Crippen molar-refractivity contribution >= 4 is 33.4 Å². The van der Waals surface area contributed by atoms with Crippen molar-refractivity contribution < 1.29 is 9.53 Å². The van der Waals surface area contributed by atoms with E-state index in [1.165, 1.54) is 7.11 Å². The fourth-order valence-corrected chi connectivity index (χ4v) is 2.03. The maximum atomic E-state index is 12.0. The van der Waals surface area contributed by atoms with Crippen LogP contribution < -0.4 is 10.1 Å². The molecule has 0 bridgehead atoms. The van der Waals surface area contributed by atoms with Crippen molar-refractivity contribution in [1.29, 1.82) is 0 Å². The predicted octanol–water partition coefficient (Wildman–Crippen LogP) is 3.64. The number of rotatable bonds is 6. The Hall–Kier alpha value is -0.740. The number of methoxy groups -OCH3 is 1. The van der Waals surface area contributed by atoms with Gasteiger partial charge in [0.05, 0.1) is 12.7 Å². The first-order chi connectivity index (χ1) is 8.54. The number of hydrogen-bond donors (Lipinski definition) is 1. The van der Waals surface area contributed by atoms with Gasteiger partial charge in [0.2, 0.25) is 0 Å². The van der Waals surface area contributed by atoms with Crippen LogP contribution in [0.5, 0.6) is 5.75 Å². The van der Waals surface area contributed by atoms with Gasteiger partial charge in [-0.05, 0) is 31.0 Å². The number of alkyl halides is 1. The molecule has 0 saturated heterocycles. The van der Waals surface area contributed by atoms with E-state index >= 15 is 0 Å². The van der Waals surface area contributed by atoms with Crippen LogP contribution in [0.2, 0.25) is 5.02 Å². The minimum atomic E-state index is -0.156. The van der Waals surface area contributed by atoms with Crippen LogP contribution in [0.3, 0.4) is 0 Å². The molecule has 5 heteroatoms. The third-order valence-corrected chi connectivity index (χ3v) is 3.16. The summed E-state index contributed by atoms with van der Waals surface area (Å²) in [7, 11) is 1.53. The van der Waals surface area contributed by atoms with E-state index in [4.69, 9.17) is 16.3 Å². The summed E-state index contributed by atoms with van der Waals surface area (Å²) < 4.78 is 5.14. The summed E-state index contributed by atoms with van der Waals surface area (Å²) >= 11 is 9.35. The minimum absolute atomic E-state index is 0.156. The van der Waals surface area contributed by atoms with E-state index in [0.717, 1.165) is 12.8 Å². The molecule has 0 aromatic heterocycles. The molecule has 0 aliphatic rings. The molecular weight excluding hydrogens is 318 g/mol. The van der Waals surface area contributed by atoms with Crippen LogP contribution in [0.25, 0.3) is 0 Å². The Kier molecular flexibility index (Phi) is 6.50. The molecule has 1 N–H and O–H groups in total. The second-order valence-electron chi connectivity index (χ2n) is 4.02. The van der Waals surface area contributed by atoms with Gasteiger partial charge in [0.15, 0.2) is 0 Å². The minimum Gasteiger partial charge on any atom is -0.496 e. The highest BCUT2D eigenvalue weighted by molar-refractivity contribution is 9.09. The second kappa shape index (κ2) is 7.64. The molecule has 1 rings (SSSR count). The molecule has 0 saturated carbocycles. The number of ether oxygens (including phenoxy) is 1. The van der Waals surface area contributed by atoms with Crippen LogP contribution in [0, 0.1) is 0 Å². The number of benzene rings is 1. The van der Waals surface area contributed by atoms with Crippen LogP contribution in [-0.4, -0.2) is 24.4 Å². The normalized spacial score (nSPS) is 12.0. The first-order valence-electron chi connectivity index (χ1n) is 5.80. The zero-order chi connectivity index (χ0) is 13.5. The summed E-state index contributed by atoms with van der Waals surface area (Å²) in [6.45, 7) is 2.73. The Balaban J connectivity index is 2.58. The lowest BCUT2D eigenvalue weighted by Crippen LogP contribution is -2.25. The highest BCUT2D eigenvalue weighted by Crippen LogP contribution is 2.22. The predicted molar refractivity (Wildman–Crippen MR) is 78.0 cm³/mol. The van der Waals surface area contributed by atoms with Crippen molar-refractivity contribution in [2.24, 2.45) is 0 Å². The van der Waals surface area contributed by atoms with E-state index in [9.17, 15) is 4.79 Å². The van der Waals surface area contributed by atoms with Crippen molar-refractivity contribution in [1.82, 2.24) is 5.32 Å². The van der Waals surface area contributed by atoms with Crippen LogP contribution in [0.4, 0.5) is 0 Å². The number of carbonyl (C=O) groups excluding carboxylic acids is 1. The molecule has 0 radical (unpaired) electrons. The first-order valence-corrected chi connectivity index (χ1v) is 7.09. The Morgan fingerprint density at radius 3 is 2.89 bits per heavy atom. The monoisotopic (exact) mass is 333 g/mol. The van der Waals surface area contributed by atoms with Crippen molar-refractivity contribution in [2.45, 2.75) is 24.6 Å². The summed E-state index contributed by atoms with van der Waals surface area (Å²) in [5, 5.41) is 3.38.